The molecule has 0 aliphatic carbocycles. The summed E-state index contributed by atoms with van der Waals surface area (Å²) in [6.07, 6.45) is 3.31. The second kappa shape index (κ2) is 5.01. The number of nitrogens with one attached hydrogen (secondary N) is 2. The lowest BCUT2D eigenvalue weighted by molar-refractivity contribution is 0.0250. The van der Waals surface area contributed by atoms with E-state index in [1.54, 1.807) is 18.2 Å². The van der Waals surface area contributed by atoms with Crippen LogP contribution in [0.25, 0.3) is 10.9 Å². The van der Waals surface area contributed by atoms with Gasteiger partial charge in [0.25, 0.3) is 0 Å². The van der Waals surface area contributed by atoms with Crippen LogP contribution in [0.4, 0.5) is 5.69 Å². The minimum Gasteiger partial charge on any atom is -0.399 e. The van der Waals surface area contributed by atoms with Gasteiger partial charge < -0.3 is 15.5 Å². The van der Waals surface area contributed by atoms with E-state index in [4.69, 9.17) is 10.5 Å². The Balaban J connectivity index is 1.86. The predicted octanol–water partition coefficient (Wildman–Crippen LogP) is 1.60. The minimum absolute atomic E-state index is 0.235. The number of nitrogen functional groups attached to an aromatic ring is 1. The highest BCUT2D eigenvalue weighted by atomic mass is 32.2. The van der Waals surface area contributed by atoms with Crippen LogP contribution < -0.4 is 10.5 Å². The van der Waals surface area contributed by atoms with Crippen LogP contribution in [0.15, 0.2) is 29.3 Å². The summed E-state index contributed by atoms with van der Waals surface area (Å²) in [6.45, 7) is 2.89. The molecule has 0 saturated carbocycles. The summed E-state index contributed by atoms with van der Waals surface area (Å²) in [4.78, 5) is 3.18. The number of fused-ring (bicyclic) bond motifs is 1. The summed E-state index contributed by atoms with van der Waals surface area (Å²) in [5.41, 5.74) is 6.58. The smallest absolute Gasteiger partial charge is 0.242 e. The molecule has 1 aliphatic rings. The van der Waals surface area contributed by atoms with Gasteiger partial charge in [-0.3, -0.25) is 0 Å². The van der Waals surface area contributed by atoms with Crippen molar-refractivity contribution in [3.8, 4) is 0 Å². The van der Waals surface area contributed by atoms with Crippen LogP contribution in [0.3, 0.4) is 0 Å². The Bertz CT molecular complexity index is 761. The molecule has 2 heterocycles. The first-order valence-corrected chi connectivity index (χ1v) is 8.38. The van der Waals surface area contributed by atoms with Gasteiger partial charge >= 0.3 is 0 Å². The SMILES string of the molecule is CC1(CNS(=O)(=O)c2c[nH]c3cc(N)ccc23)CCCO1. The first kappa shape index (κ1) is 14.4. The quantitative estimate of drug-likeness (QED) is 0.747. The van der Waals surface area contributed by atoms with Gasteiger partial charge in [0.1, 0.15) is 4.90 Å². The van der Waals surface area contributed by atoms with E-state index >= 15 is 0 Å². The molecule has 1 aromatic heterocycles. The molecular weight excluding hydrogens is 290 g/mol. The fourth-order valence-corrected chi connectivity index (χ4v) is 3.97. The molecule has 0 radical (unpaired) electrons. The summed E-state index contributed by atoms with van der Waals surface area (Å²) in [5, 5.41) is 0.634. The van der Waals surface area contributed by atoms with E-state index in [2.05, 4.69) is 9.71 Å². The zero-order valence-electron chi connectivity index (χ0n) is 11.8. The minimum atomic E-state index is -3.58. The summed E-state index contributed by atoms with van der Waals surface area (Å²) in [7, 11) is -3.58. The molecule has 1 atom stereocenters. The van der Waals surface area contributed by atoms with Gasteiger partial charge in [0, 0.05) is 35.9 Å². The highest BCUT2D eigenvalue weighted by molar-refractivity contribution is 7.89. The normalized spacial score (nSPS) is 22.9. The van der Waals surface area contributed by atoms with Crippen LogP contribution in [-0.4, -0.2) is 32.2 Å². The Morgan fingerprint density at radius 3 is 3.00 bits per heavy atom. The van der Waals surface area contributed by atoms with Crippen molar-refractivity contribution in [1.29, 1.82) is 0 Å². The van der Waals surface area contributed by atoms with Gasteiger partial charge in [-0.05, 0) is 38.0 Å². The van der Waals surface area contributed by atoms with Gasteiger partial charge in [0.15, 0.2) is 0 Å². The Hall–Kier alpha value is -1.57. The van der Waals surface area contributed by atoms with E-state index in [-0.39, 0.29) is 11.4 Å². The van der Waals surface area contributed by atoms with Gasteiger partial charge in [-0.2, -0.15) is 0 Å². The van der Waals surface area contributed by atoms with Gasteiger partial charge in [0.2, 0.25) is 10.0 Å². The summed E-state index contributed by atoms with van der Waals surface area (Å²) < 4.78 is 33.2. The third kappa shape index (κ3) is 2.76. The maximum atomic E-state index is 12.5. The van der Waals surface area contributed by atoms with Crippen molar-refractivity contribution < 1.29 is 13.2 Å². The Morgan fingerprint density at radius 1 is 1.48 bits per heavy atom. The zero-order valence-corrected chi connectivity index (χ0v) is 12.7. The van der Waals surface area contributed by atoms with Crippen molar-refractivity contribution in [3.63, 3.8) is 0 Å². The molecule has 1 aromatic carbocycles. The van der Waals surface area contributed by atoms with E-state index < -0.39 is 15.6 Å². The molecule has 6 nitrogen and oxygen atoms in total. The molecule has 1 saturated heterocycles. The molecule has 7 heteroatoms. The second-order valence-corrected chi connectivity index (χ2v) is 7.42. The van der Waals surface area contributed by atoms with Gasteiger partial charge in [-0.1, -0.05) is 0 Å². The van der Waals surface area contributed by atoms with Crippen LogP contribution in [0.1, 0.15) is 19.8 Å². The monoisotopic (exact) mass is 309 g/mol. The van der Waals surface area contributed by atoms with E-state index in [9.17, 15) is 8.42 Å². The van der Waals surface area contributed by atoms with Crippen LogP contribution >= 0.6 is 0 Å². The van der Waals surface area contributed by atoms with Crippen LogP contribution in [0, 0.1) is 0 Å². The van der Waals surface area contributed by atoms with Crippen LogP contribution in [0.5, 0.6) is 0 Å². The number of hydrogen-bond acceptors (Lipinski definition) is 4. The molecule has 1 unspecified atom stereocenters. The Kier molecular flexibility index (Phi) is 3.43. The zero-order chi connectivity index (χ0) is 15.1. The number of sulfonamides is 1. The number of nitrogens with two attached hydrogens (primary N) is 1. The first-order chi connectivity index (χ1) is 9.90. The summed E-state index contributed by atoms with van der Waals surface area (Å²) in [6, 6.07) is 5.12. The molecule has 114 valence electrons. The lowest BCUT2D eigenvalue weighted by Crippen LogP contribution is -2.40. The van der Waals surface area contributed by atoms with Gasteiger partial charge in [-0.15, -0.1) is 0 Å². The lowest BCUT2D eigenvalue weighted by atomic mass is 10.0. The Morgan fingerprint density at radius 2 is 2.29 bits per heavy atom. The standard InChI is InChI=1S/C14H19N3O3S/c1-14(5-2-6-20-14)9-17-21(18,19)13-8-16-12-7-10(15)3-4-11(12)13/h3-4,7-8,16-17H,2,5-6,9,15H2,1H3. The first-order valence-electron chi connectivity index (χ1n) is 6.90. The molecule has 3 rings (SSSR count). The fourth-order valence-electron chi connectivity index (χ4n) is 2.64. The highest BCUT2D eigenvalue weighted by Crippen LogP contribution is 2.27. The molecule has 1 fully saturated rings. The number of benzene rings is 1. The number of hydrogen-bond donors (Lipinski definition) is 3. The third-order valence-electron chi connectivity index (χ3n) is 3.89. The average molecular weight is 309 g/mol. The number of H-pyrrole nitrogens is 1. The number of aromatic amines is 1. The Labute approximate surface area is 123 Å². The topological polar surface area (TPSA) is 97.2 Å². The van der Waals surface area contributed by atoms with E-state index in [0.29, 0.717) is 23.2 Å². The summed E-state index contributed by atoms with van der Waals surface area (Å²) >= 11 is 0. The number of ether oxygens (including phenoxy) is 1. The maximum absolute atomic E-state index is 12.5. The van der Waals surface area contributed by atoms with Gasteiger partial charge in [-0.25, -0.2) is 13.1 Å². The summed E-state index contributed by atoms with van der Waals surface area (Å²) in [5.74, 6) is 0. The van der Waals surface area contributed by atoms with Crippen molar-refractivity contribution >= 4 is 26.6 Å². The number of rotatable bonds is 4. The van der Waals surface area contributed by atoms with Crippen molar-refractivity contribution in [2.45, 2.75) is 30.3 Å². The molecule has 2 aromatic rings. The number of anilines is 1. The van der Waals surface area contributed by atoms with Crippen molar-refractivity contribution in [1.82, 2.24) is 9.71 Å². The van der Waals surface area contributed by atoms with Crippen molar-refractivity contribution in [2.75, 3.05) is 18.9 Å². The second-order valence-electron chi connectivity index (χ2n) is 5.68. The van der Waals surface area contributed by atoms with Crippen LogP contribution in [-0.2, 0) is 14.8 Å². The van der Waals surface area contributed by atoms with Crippen molar-refractivity contribution in [3.05, 3.63) is 24.4 Å². The molecular formula is C14H19N3O3S. The largest absolute Gasteiger partial charge is 0.399 e. The van der Waals surface area contributed by atoms with E-state index in [1.165, 1.54) is 6.20 Å². The fraction of sp³-hybridized carbons (Fsp3) is 0.429. The van der Waals surface area contributed by atoms with Crippen molar-refractivity contribution in [2.24, 2.45) is 0 Å². The molecule has 0 amide bonds. The van der Waals surface area contributed by atoms with Crippen LogP contribution in [0.2, 0.25) is 0 Å². The highest BCUT2D eigenvalue weighted by Gasteiger charge is 2.32. The number of aromatic nitrogens is 1. The lowest BCUT2D eigenvalue weighted by Gasteiger charge is -2.23. The van der Waals surface area contributed by atoms with E-state index in [1.807, 2.05) is 6.92 Å². The van der Waals surface area contributed by atoms with E-state index in [0.717, 1.165) is 12.8 Å². The molecule has 21 heavy (non-hydrogen) atoms. The third-order valence-corrected chi connectivity index (χ3v) is 5.34. The molecule has 0 spiro atoms. The average Bonchev–Trinajstić information content (AvgIpc) is 3.03. The maximum Gasteiger partial charge on any atom is 0.242 e. The van der Waals surface area contributed by atoms with Gasteiger partial charge in [0.05, 0.1) is 5.60 Å². The molecule has 0 bridgehead atoms. The molecule has 4 N–H and O–H groups in total. The molecule has 1 aliphatic heterocycles. The predicted molar refractivity (Wildman–Crippen MR) is 81.5 cm³/mol.